The second-order valence-electron chi connectivity index (χ2n) is 6.58. The molecule has 2 aliphatic rings. The van der Waals surface area contributed by atoms with Crippen molar-refractivity contribution >= 4 is 11.8 Å². The third-order valence-corrected chi connectivity index (χ3v) is 4.81. The monoisotopic (exact) mass is 312 g/mol. The number of allylic oxidation sites excluding steroid dienone is 2. The number of nitrogens with zero attached hydrogens (tertiary/aromatic N) is 1. The lowest BCUT2D eigenvalue weighted by molar-refractivity contribution is -0.125. The highest BCUT2D eigenvalue weighted by Crippen LogP contribution is 2.20. The summed E-state index contributed by atoms with van der Waals surface area (Å²) in [4.78, 5) is 26.5. The Morgan fingerprint density at radius 2 is 1.65 bits per heavy atom. The van der Waals surface area contributed by atoms with E-state index in [1.165, 1.54) is 0 Å². The van der Waals surface area contributed by atoms with Crippen molar-refractivity contribution in [2.45, 2.75) is 38.6 Å². The van der Waals surface area contributed by atoms with Crippen LogP contribution in [-0.2, 0) is 4.79 Å². The molecular formula is C19H24N2O2. The molecule has 0 saturated carbocycles. The number of carbonyl (C=O) groups excluding carboxylic acids is 2. The van der Waals surface area contributed by atoms with Crippen molar-refractivity contribution in [1.29, 1.82) is 0 Å². The normalized spacial score (nSPS) is 19.1. The fourth-order valence-electron chi connectivity index (χ4n) is 3.26. The third kappa shape index (κ3) is 3.81. The lowest BCUT2D eigenvalue weighted by Crippen LogP contribution is -2.47. The summed E-state index contributed by atoms with van der Waals surface area (Å²) in [7, 11) is 0. The zero-order valence-corrected chi connectivity index (χ0v) is 13.6. The van der Waals surface area contributed by atoms with Crippen molar-refractivity contribution in [3.05, 3.63) is 47.5 Å². The Morgan fingerprint density at radius 1 is 1.04 bits per heavy atom. The van der Waals surface area contributed by atoms with Crippen LogP contribution in [0.1, 0.15) is 41.6 Å². The van der Waals surface area contributed by atoms with E-state index in [2.05, 4.69) is 17.5 Å². The molecule has 1 aromatic rings. The number of piperidine rings is 1. The van der Waals surface area contributed by atoms with Gasteiger partial charge in [-0.1, -0.05) is 29.8 Å². The van der Waals surface area contributed by atoms with Gasteiger partial charge in [-0.3, -0.25) is 9.59 Å². The number of likely N-dealkylation sites (tertiary alicyclic amines) is 1. The van der Waals surface area contributed by atoms with E-state index in [0.29, 0.717) is 13.1 Å². The van der Waals surface area contributed by atoms with Crippen LogP contribution >= 0.6 is 0 Å². The first-order chi connectivity index (χ1) is 11.1. The predicted octanol–water partition coefficient (Wildman–Crippen LogP) is 2.68. The summed E-state index contributed by atoms with van der Waals surface area (Å²) < 4.78 is 0. The molecule has 1 saturated heterocycles. The molecule has 3 rings (SSSR count). The molecule has 1 fully saturated rings. The maximum atomic E-state index is 12.5. The highest BCUT2D eigenvalue weighted by Gasteiger charge is 2.27. The van der Waals surface area contributed by atoms with Crippen LogP contribution in [-0.4, -0.2) is 35.8 Å². The average Bonchev–Trinajstić information content (AvgIpc) is 3.10. The zero-order valence-electron chi connectivity index (χ0n) is 13.6. The van der Waals surface area contributed by atoms with E-state index in [9.17, 15) is 9.59 Å². The molecule has 23 heavy (non-hydrogen) atoms. The van der Waals surface area contributed by atoms with Crippen LogP contribution in [0, 0.1) is 12.8 Å². The van der Waals surface area contributed by atoms with Crippen LogP contribution in [0.15, 0.2) is 36.4 Å². The van der Waals surface area contributed by atoms with Crippen LogP contribution in [0.4, 0.5) is 0 Å². The van der Waals surface area contributed by atoms with E-state index in [0.717, 1.165) is 36.8 Å². The summed E-state index contributed by atoms with van der Waals surface area (Å²) >= 11 is 0. The molecule has 1 aliphatic heterocycles. The molecule has 0 spiro atoms. The van der Waals surface area contributed by atoms with Gasteiger partial charge in [0, 0.05) is 30.6 Å². The molecule has 4 nitrogen and oxygen atoms in total. The van der Waals surface area contributed by atoms with Crippen molar-refractivity contribution < 1.29 is 9.59 Å². The van der Waals surface area contributed by atoms with Crippen molar-refractivity contribution in [1.82, 2.24) is 10.2 Å². The van der Waals surface area contributed by atoms with Gasteiger partial charge in [0.1, 0.15) is 0 Å². The third-order valence-electron chi connectivity index (χ3n) is 4.81. The minimum atomic E-state index is 0.0924. The zero-order chi connectivity index (χ0) is 16.2. The van der Waals surface area contributed by atoms with Crippen LogP contribution in [0.5, 0.6) is 0 Å². The number of nitrogens with one attached hydrogen (secondary N) is 1. The number of carbonyl (C=O) groups is 2. The molecule has 1 aromatic carbocycles. The number of amides is 2. The van der Waals surface area contributed by atoms with Crippen LogP contribution < -0.4 is 5.32 Å². The SMILES string of the molecule is Cc1ccc(C(=O)N2CCC(NC(=O)C3CC=CC3)CC2)cc1. The molecular weight excluding hydrogens is 288 g/mol. The number of hydrogen-bond acceptors (Lipinski definition) is 2. The second kappa shape index (κ2) is 6.99. The summed E-state index contributed by atoms with van der Waals surface area (Å²) in [5.74, 6) is 0.371. The summed E-state index contributed by atoms with van der Waals surface area (Å²) in [6, 6.07) is 7.91. The molecule has 1 heterocycles. The van der Waals surface area contributed by atoms with E-state index < -0.39 is 0 Å². The smallest absolute Gasteiger partial charge is 0.253 e. The molecule has 0 aromatic heterocycles. The molecule has 0 radical (unpaired) electrons. The Kier molecular flexibility index (Phi) is 4.79. The van der Waals surface area contributed by atoms with Gasteiger partial charge in [-0.2, -0.15) is 0 Å². The predicted molar refractivity (Wildman–Crippen MR) is 90.1 cm³/mol. The Balaban J connectivity index is 1.49. The average molecular weight is 312 g/mol. The first kappa shape index (κ1) is 15.8. The van der Waals surface area contributed by atoms with Gasteiger partial charge >= 0.3 is 0 Å². The fraction of sp³-hybridized carbons (Fsp3) is 0.474. The van der Waals surface area contributed by atoms with Crippen molar-refractivity contribution in [2.75, 3.05) is 13.1 Å². The summed E-state index contributed by atoms with van der Waals surface area (Å²) in [6.45, 7) is 3.43. The summed E-state index contributed by atoms with van der Waals surface area (Å²) in [6.07, 6.45) is 7.54. The van der Waals surface area contributed by atoms with Gasteiger partial charge in [-0.15, -0.1) is 0 Å². The number of hydrogen-bond donors (Lipinski definition) is 1. The van der Waals surface area contributed by atoms with Crippen molar-refractivity contribution in [3.63, 3.8) is 0 Å². The maximum absolute atomic E-state index is 12.5. The molecule has 122 valence electrons. The van der Waals surface area contributed by atoms with Gasteiger partial charge in [0.25, 0.3) is 5.91 Å². The Morgan fingerprint density at radius 3 is 2.26 bits per heavy atom. The van der Waals surface area contributed by atoms with Crippen LogP contribution in [0.2, 0.25) is 0 Å². The van der Waals surface area contributed by atoms with E-state index >= 15 is 0 Å². The van der Waals surface area contributed by atoms with Crippen LogP contribution in [0.25, 0.3) is 0 Å². The largest absolute Gasteiger partial charge is 0.353 e. The molecule has 0 unspecified atom stereocenters. The maximum Gasteiger partial charge on any atom is 0.253 e. The van der Waals surface area contributed by atoms with Crippen molar-refractivity contribution in [3.8, 4) is 0 Å². The second-order valence-corrected chi connectivity index (χ2v) is 6.58. The minimum Gasteiger partial charge on any atom is -0.353 e. The fourth-order valence-corrected chi connectivity index (χ4v) is 3.26. The van der Waals surface area contributed by atoms with E-state index in [-0.39, 0.29) is 23.8 Å². The Bertz CT molecular complexity index is 590. The molecule has 2 amide bonds. The summed E-state index contributed by atoms with van der Waals surface area (Å²) in [5, 5.41) is 3.15. The first-order valence-corrected chi connectivity index (χ1v) is 8.45. The lowest BCUT2D eigenvalue weighted by Gasteiger charge is -2.33. The number of benzene rings is 1. The quantitative estimate of drug-likeness (QED) is 0.872. The summed E-state index contributed by atoms with van der Waals surface area (Å²) in [5.41, 5.74) is 1.90. The van der Waals surface area contributed by atoms with E-state index in [1.807, 2.05) is 36.1 Å². The van der Waals surface area contributed by atoms with Gasteiger partial charge in [0.15, 0.2) is 0 Å². The molecule has 0 atom stereocenters. The molecule has 4 heteroatoms. The highest BCUT2D eigenvalue weighted by atomic mass is 16.2. The van der Waals surface area contributed by atoms with Gasteiger partial charge in [-0.05, 0) is 44.7 Å². The minimum absolute atomic E-state index is 0.0924. The molecule has 1 aliphatic carbocycles. The lowest BCUT2D eigenvalue weighted by atomic mass is 10.0. The Hall–Kier alpha value is -2.10. The first-order valence-electron chi connectivity index (χ1n) is 8.45. The topological polar surface area (TPSA) is 49.4 Å². The molecule has 0 bridgehead atoms. The van der Waals surface area contributed by atoms with Gasteiger partial charge in [0.2, 0.25) is 5.91 Å². The van der Waals surface area contributed by atoms with Gasteiger partial charge in [0.05, 0.1) is 0 Å². The van der Waals surface area contributed by atoms with E-state index in [4.69, 9.17) is 0 Å². The van der Waals surface area contributed by atoms with Gasteiger partial charge < -0.3 is 10.2 Å². The number of aryl methyl sites for hydroxylation is 1. The van der Waals surface area contributed by atoms with Crippen molar-refractivity contribution in [2.24, 2.45) is 5.92 Å². The standard InChI is InChI=1S/C19H24N2O2/c1-14-6-8-16(9-7-14)19(23)21-12-10-17(11-13-21)20-18(22)15-4-2-3-5-15/h2-3,6-9,15,17H,4-5,10-13H2,1H3,(H,20,22). The number of rotatable bonds is 3. The molecule has 1 N–H and O–H groups in total. The van der Waals surface area contributed by atoms with Gasteiger partial charge in [-0.25, -0.2) is 0 Å². The highest BCUT2D eigenvalue weighted by molar-refractivity contribution is 5.94. The van der Waals surface area contributed by atoms with E-state index in [1.54, 1.807) is 0 Å². The van der Waals surface area contributed by atoms with Crippen LogP contribution in [0.3, 0.4) is 0 Å². The Labute approximate surface area is 137 Å².